The van der Waals surface area contributed by atoms with Crippen LogP contribution in [0.2, 0.25) is 5.02 Å². The van der Waals surface area contributed by atoms with Crippen LogP contribution in [0.15, 0.2) is 35.0 Å². The second kappa shape index (κ2) is 8.51. The number of hydrogen-bond acceptors (Lipinski definition) is 4. The van der Waals surface area contributed by atoms with Gasteiger partial charge in [-0.15, -0.1) is 0 Å². The standard InChI is InChI=1S/C18H23ClN2O2S/c1-12-9-15(5-6-16(12)19)23-13(2)18(22)20-10-17(21(3)4)14-7-8-24-11-14/h5-9,11,13,17H,10H2,1-4H3,(H,20,22). The summed E-state index contributed by atoms with van der Waals surface area (Å²) in [6, 6.07) is 7.60. The summed E-state index contributed by atoms with van der Waals surface area (Å²) in [4.78, 5) is 14.4. The summed E-state index contributed by atoms with van der Waals surface area (Å²) in [6.07, 6.45) is -0.573. The molecule has 2 aromatic rings. The Bertz CT molecular complexity index is 674. The van der Waals surface area contributed by atoms with Crippen molar-refractivity contribution >= 4 is 28.8 Å². The zero-order valence-electron chi connectivity index (χ0n) is 14.4. The number of nitrogens with zero attached hydrogens (tertiary/aromatic N) is 1. The largest absolute Gasteiger partial charge is 0.481 e. The van der Waals surface area contributed by atoms with E-state index in [2.05, 4.69) is 21.7 Å². The van der Waals surface area contributed by atoms with Gasteiger partial charge < -0.3 is 15.0 Å². The van der Waals surface area contributed by atoms with Crippen molar-refractivity contribution in [2.24, 2.45) is 0 Å². The van der Waals surface area contributed by atoms with Gasteiger partial charge in [-0.25, -0.2) is 0 Å². The van der Waals surface area contributed by atoms with Crippen molar-refractivity contribution in [3.63, 3.8) is 0 Å². The molecule has 130 valence electrons. The highest BCUT2D eigenvalue weighted by Gasteiger charge is 2.19. The van der Waals surface area contributed by atoms with E-state index >= 15 is 0 Å². The number of amides is 1. The monoisotopic (exact) mass is 366 g/mol. The van der Waals surface area contributed by atoms with Gasteiger partial charge in [0, 0.05) is 11.6 Å². The number of nitrogens with one attached hydrogen (secondary N) is 1. The number of carbonyl (C=O) groups is 1. The summed E-state index contributed by atoms with van der Waals surface area (Å²) >= 11 is 7.66. The fraction of sp³-hybridized carbons (Fsp3) is 0.389. The van der Waals surface area contributed by atoms with Crippen LogP contribution in [0.3, 0.4) is 0 Å². The minimum absolute atomic E-state index is 0.135. The van der Waals surface area contributed by atoms with Crippen LogP contribution in [0.5, 0.6) is 5.75 Å². The number of hydrogen-bond donors (Lipinski definition) is 1. The Kier molecular flexibility index (Phi) is 6.66. The maximum Gasteiger partial charge on any atom is 0.260 e. The molecule has 24 heavy (non-hydrogen) atoms. The van der Waals surface area contributed by atoms with Crippen LogP contribution >= 0.6 is 22.9 Å². The van der Waals surface area contributed by atoms with Gasteiger partial charge in [0.25, 0.3) is 5.91 Å². The van der Waals surface area contributed by atoms with Crippen molar-refractivity contribution in [1.29, 1.82) is 0 Å². The summed E-state index contributed by atoms with van der Waals surface area (Å²) in [6.45, 7) is 4.19. The topological polar surface area (TPSA) is 41.6 Å². The van der Waals surface area contributed by atoms with Crippen LogP contribution in [-0.2, 0) is 4.79 Å². The Morgan fingerprint density at radius 2 is 2.12 bits per heavy atom. The lowest BCUT2D eigenvalue weighted by Crippen LogP contribution is -2.40. The van der Waals surface area contributed by atoms with Gasteiger partial charge in [0.1, 0.15) is 5.75 Å². The van der Waals surface area contributed by atoms with E-state index in [1.807, 2.05) is 32.5 Å². The van der Waals surface area contributed by atoms with E-state index in [1.165, 1.54) is 5.56 Å². The SMILES string of the molecule is Cc1cc(OC(C)C(=O)NCC(c2ccsc2)N(C)C)ccc1Cl. The molecule has 0 saturated carbocycles. The Hall–Kier alpha value is -1.56. The zero-order chi connectivity index (χ0) is 17.7. The second-order valence-corrected chi connectivity index (χ2v) is 7.14. The lowest BCUT2D eigenvalue weighted by atomic mass is 10.1. The average molecular weight is 367 g/mol. The first-order chi connectivity index (χ1) is 11.4. The number of aryl methyl sites for hydroxylation is 1. The molecule has 1 amide bonds. The molecule has 6 heteroatoms. The molecule has 2 unspecified atom stereocenters. The molecule has 0 aliphatic carbocycles. The first kappa shape index (κ1) is 18.8. The predicted octanol–water partition coefficient (Wildman–Crippen LogP) is 3.90. The molecule has 1 heterocycles. The van der Waals surface area contributed by atoms with Crippen LogP contribution in [0.1, 0.15) is 24.1 Å². The molecular weight excluding hydrogens is 344 g/mol. The summed E-state index contributed by atoms with van der Waals surface area (Å²) in [5.41, 5.74) is 2.12. The van der Waals surface area contributed by atoms with E-state index in [0.29, 0.717) is 17.3 Å². The molecular formula is C18H23ClN2O2S. The van der Waals surface area contributed by atoms with Gasteiger partial charge in [0.15, 0.2) is 6.10 Å². The van der Waals surface area contributed by atoms with E-state index in [9.17, 15) is 4.79 Å². The maximum absolute atomic E-state index is 12.3. The Labute approximate surface area is 152 Å². The van der Waals surface area contributed by atoms with Crippen molar-refractivity contribution in [3.05, 3.63) is 51.2 Å². The Morgan fingerprint density at radius 1 is 1.38 bits per heavy atom. The smallest absolute Gasteiger partial charge is 0.260 e. The van der Waals surface area contributed by atoms with Gasteiger partial charge in [-0.2, -0.15) is 11.3 Å². The molecule has 1 aromatic carbocycles. The quantitative estimate of drug-likeness (QED) is 0.808. The minimum atomic E-state index is -0.573. The van der Waals surface area contributed by atoms with Gasteiger partial charge >= 0.3 is 0 Å². The summed E-state index contributed by atoms with van der Waals surface area (Å²) in [5, 5.41) is 7.80. The molecule has 0 saturated heterocycles. The summed E-state index contributed by atoms with van der Waals surface area (Å²) < 4.78 is 5.71. The lowest BCUT2D eigenvalue weighted by molar-refractivity contribution is -0.127. The van der Waals surface area contributed by atoms with Gasteiger partial charge in [-0.05, 0) is 74.1 Å². The Morgan fingerprint density at radius 3 is 2.71 bits per heavy atom. The van der Waals surface area contributed by atoms with Gasteiger partial charge in [0.05, 0.1) is 6.04 Å². The van der Waals surface area contributed by atoms with E-state index in [0.717, 1.165) is 5.56 Å². The number of thiophene rings is 1. The van der Waals surface area contributed by atoms with Crippen LogP contribution in [0.25, 0.3) is 0 Å². The lowest BCUT2D eigenvalue weighted by Gasteiger charge is -2.25. The fourth-order valence-corrected chi connectivity index (χ4v) is 3.18. The highest BCUT2D eigenvalue weighted by Crippen LogP contribution is 2.22. The number of rotatable bonds is 7. The number of carbonyl (C=O) groups excluding carboxylic acids is 1. The van der Waals surface area contributed by atoms with Crippen molar-refractivity contribution in [2.75, 3.05) is 20.6 Å². The first-order valence-corrected chi connectivity index (χ1v) is 9.09. The van der Waals surface area contributed by atoms with Crippen molar-refractivity contribution in [1.82, 2.24) is 10.2 Å². The van der Waals surface area contributed by atoms with Crippen LogP contribution in [0.4, 0.5) is 0 Å². The molecule has 0 spiro atoms. The maximum atomic E-state index is 12.3. The van der Waals surface area contributed by atoms with Crippen LogP contribution in [-0.4, -0.2) is 37.6 Å². The normalized spacial score (nSPS) is 13.6. The second-order valence-electron chi connectivity index (χ2n) is 5.95. The molecule has 1 N–H and O–H groups in total. The molecule has 0 bridgehead atoms. The van der Waals surface area contributed by atoms with Crippen LogP contribution in [0, 0.1) is 6.92 Å². The van der Waals surface area contributed by atoms with Gasteiger partial charge in [-0.1, -0.05) is 11.6 Å². The minimum Gasteiger partial charge on any atom is -0.481 e. The van der Waals surface area contributed by atoms with E-state index < -0.39 is 6.10 Å². The van der Waals surface area contributed by atoms with Gasteiger partial charge in [0.2, 0.25) is 0 Å². The zero-order valence-corrected chi connectivity index (χ0v) is 15.9. The van der Waals surface area contributed by atoms with E-state index in [1.54, 1.807) is 30.4 Å². The molecule has 4 nitrogen and oxygen atoms in total. The molecule has 0 fully saturated rings. The third-order valence-electron chi connectivity index (χ3n) is 3.83. The van der Waals surface area contributed by atoms with Gasteiger partial charge in [-0.3, -0.25) is 4.79 Å². The molecule has 0 aliphatic heterocycles. The number of benzene rings is 1. The van der Waals surface area contributed by atoms with E-state index in [-0.39, 0.29) is 11.9 Å². The number of halogens is 1. The predicted molar refractivity (Wildman–Crippen MR) is 100 cm³/mol. The number of likely N-dealkylation sites (N-methyl/N-ethyl adjacent to an activating group) is 1. The average Bonchev–Trinajstić information content (AvgIpc) is 3.04. The highest BCUT2D eigenvalue weighted by atomic mass is 35.5. The first-order valence-electron chi connectivity index (χ1n) is 7.77. The summed E-state index contributed by atoms with van der Waals surface area (Å²) in [5.74, 6) is 0.506. The fourth-order valence-electron chi connectivity index (χ4n) is 2.35. The molecule has 0 radical (unpaired) electrons. The molecule has 2 rings (SSSR count). The molecule has 2 atom stereocenters. The van der Waals surface area contributed by atoms with Crippen molar-refractivity contribution in [2.45, 2.75) is 26.0 Å². The number of ether oxygens (including phenoxy) is 1. The van der Waals surface area contributed by atoms with E-state index in [4.69, 9.17) is 16.3 Å². The molecule has 1 aromatic heterocycles. The third-order valence-corrected chi connectivity index (χ3v) is 4.96. The highest BCUT2D eigenvalue weighted by molar-refractivity contribution is 7.07. The third kappa shape index (κ3) is 4.97. The van der Waals surface area contributed by atoms with Crippen molar-refractivity contribution in [3.8, 4) is 5.75 Å². The summed E-state index contributed by atoms with van der Waals surface area (Å²) in [7, 11) is 4.01. The molecule has 0 aliphatic rings. The van der Waals surface area contributed by atoms with Crippen LogP contribution < -0.4 is 10.1 Å². The van der Waals surface area contributed by atoms with Crippen molar-refractivity contribution < 1.29 is 9.53 Å². The Balaban J connectivity index is 1.92.